The molecule has 1 aromatic carbocycles. The third kappa shape index (κ3) is 3.40. The van der Waals surface area contributed by atoms with E-state index in [0.717, 1.165) is 17.6 Å². The van der Waals surface area contributed by atoms with Gasteiger partial charge in [-0.3, -0.25) is 0 Å². The van der Waals surface area contributed by atoms with Crippen LogP contribution in [0.5, 0.6) is 0 Å². The summed E-state index contributed by atoms with van der Waals surface area (Å²) in [4.78, 5) is 0. The van der Waals surface area contributed by atoms with Gasteiger partial charge in [-0.25, -0.2) is 0 Å². The third-order valence-electron chi connectivity index (χ3n) is 2.13. The fraction of sp³-hybridized carbons (Fsp3) is 0.455. The molecule has 0 aromatic heterocycles. The lowest BCUT2D eigenvalue weighted by Crippen LogP contribution is -2.23. The number of benzene rings is 1. The summed E-state index contributed by atoms with van der Waals surface area (Å²) in [5, 5.41) is 3.39. The van der Waals surface area contributed by atoms with E-state index in [0.29, 0.717) is 6.04 Å². The van der Waals surface area contributed by atoms with Crippen LogP contribution in [0.4, 0.5) is 0 Å². The molecule has 0 saturated carbocycles. The van der Waals surface area contributed by atoms with Crippen molar-refractivity contribution in [2.24, 2.45) is 0 Å². The van der Waals surface area contributed by atoms with E-state index in [2.05, 4.69) is 46.4 Å². The maximum Gasteiger partial charge on any atom is 0.0587 e. The van der Waals surface area contributed by atoms with Crippen LogP contribution in [0.2, 0.25) is 0 Å². The van der Waals surface area contributed by atoms with Gasteiger partial charge in [0.05, 0.1) is 6.61 Å². The van der Waals surface area contributed by atoms with E-state index in [4.69, 9.17) is 4.74 Å². The molecule has 0 heterocycles. The van der Waals surface area contributed by atoms with Gasteiger partial charge < -0.3 is 10.1 Å². The van der Waals surface area contributed by atoms with Gasteiger partial charge in [0.25, 0.3) is 0 Å². The maximum absolute atomic E-state index is 4.98. The first kappa shape index (κ1) is 11.7. The number of halogens is 1. The summed E-state index contributed by atoms with van der Waals surface area (Å²) in [6, 6.07) is 8.60. The molecular weight excluding hydrogens is 242 g/mol. The van der Waals surface area contributed by atoms with Crippen molar-refractivity contribution in [1.29, 1.82) is 0 Å². The van der Waals surface area contributed by atoms with E-state index in [1.807, 2.05) is 6.07 Å². The summed E-state index contributed by atoms with van der Waals surface area (Å²) in [5.41, 5.74) is 1.28. The molecule has 0 spiro atoms. The third-order valence-corrected chi connectivity index (χ3v) is 2.85. The molecule has 3 heteroatoms. The lowest BCUT2D eigenvalue weighted by molar-refractivity contribution is 0.196. The molecule has 0 unspecified atom stereocenters. The minimum atomic E-state index is 0.348. The van der Waals surface area contributed by atoms with Gasteiger partial charge in [0.15, 0.2) is 0 Å². The second-order valence-corrected chi connectivity index (χ2v) is 4.04. The summed E-state index contributed by atoms with van der Waals surface area (Å²) in [6.45, 7) is 3.77. The summed E-state index contributed by atoms with van der Waals surface area (Å²) >= 11 is 3.53. The first-order valence-corrected chi connectivity index (χ1v) is 5.51. The van der Waals surface area contributed by atoms with Crippen molar-refractivity contribution in [1.82, 2.24) is 5.32 Å². The van der Waals surface area contributed by atoms with Crippen LogP contribution >= 0.6 is 15.9 Å². The molecule has 0 fully saturated rings. The normalized spacial score (nSPS) is 12.8. The molecule has 0 amide bonds. The van der Waals surface area contributed by atoms with Gasteiger partial charge >= 0.3 is 0 Å². The predicted molar refractivity (Wildman–Crippen MR) is 62.4 cm³/mol. The fourth-order valence-electron chi connectivity index (χ4n) is 1.31. The molecule has 0 radical (unpaired) electrons. The van der Waals surface area contributed by atoms with Crippen molar-refractivity contribution in [2.45, 2.75) is 13.0 Å². The molecule has 78 valence electrons. The van der Waals surface area contributed by atoms with Crippen LogP contribution in [-0.2, 0) is 4.74 Å². The van der Waals surface area contributed by atoms with Crippen LogP contribution in [0.25, 0.3) is 0 Å². The number of methoxy groups -OCH3 is 1. The van der Waals surface area contributed by atoms with E-state index in [1.54, 1.807) is 7.11 Å². The minimum absolute atomic E-state index is 0.348. The summed E-state index contributed by atoms with van der Waals surface area (Å²) < 4.78 is 6.13. The SMILES string of the molecule is COCCN[C@@H](C)c1ccccc1Br. The highest BCUT2D eigenvalue weighted by Crippen LogP contribution is 2.22. The highest BCUT2D eigenvalue weighted by Gasteiger charge is 2.06. The van der Waals surface area contributed by atoms with E-state index >= 15 is 0 Å². The first-order chi connectivity index (χ1) is 6.75. The van der Waals surface area contributed by atoms with Crippen LogP contribution in [0.3, 0.4) is 0 Å². The molecule has 1 atom stereocenters. The van der Waals surface area contributed by atoms with Crippen molar-refractivity contribution >= 4 is 15.9 Å². The van der Waals surface area contributed by atoms with Gasteiger partial charge in [0, 0.05) is 24.2 Å². The zero-order chi connectivity index (χ0) is 10.4. The predicted octanol–water partition coefficient (Wildman–Crippen LogP) is 2.75. The molecule has 0 aliphatic heterocycles. The van der Waals surface area contributed by atoms with Gasteiger partial charge in [0.1, 0.15) is 0 Å². The Balaban J connectivity index is 2.51. The largest absolute Gasteiger partial charge is 0.383 e. The molecule has 0 aliphatic rings. The van der Waals surface area contributed by atoms with Gasteiger partial charge in [-0.05, 0) is 18.6 Å². The number of nitrogens with one attached hydrogen (secondary N) is 1. The van der Waals surface area contributed by atoms with Gasteiger partial charge in [-0.2, -0.15) is 0 Å². The zero-order valence-electron chi connectivity index (χ0n) is 8.59. The molecule has 1 aromatic rings. The van der Waals surface area contributed by atoms with Crippen LogP contribution in [0.1, 0.15) is 18.5 Å². The summed E-state index contributed by atoms with van der Waals surface area (Å²) in [6.07, 6.45) is 0. The Kier molecular flexibility index (Phi) is 5.15. The standard InChI is InChI=1S/C11H16BrNO/c1-9(13-7-8-14-2)10-5-3-4-6-11(10)12/h3-6,9,13H,7-8H2,1-2H3/t9-/m0/s1. The average molecular weight is 258 g/mol. The first-order valence-electron chi connectivity index (χ1n) is 4.72. The van der Waals surface area contributed by atoms with Crippen molar-refractivity contribution in [3.05, 3.63) is 34.3 Å². The topological polar surface area (TPSA) is 21.3 Å². The van der Waals surface area contributed by atoms with Gasteiger partial charge in [-0.1, -0.05) is 34.1 Å². The minimum Gasteiger partial charge on any atom is -0.383 e. The number of rotatable bonds is 5. The second-order valence-electron chi connectivity index (χ2n) is 3.19. The molecule has 0 saturated heterocycles. The highest BCUT2D eigenvalue weighted by atomic mass is 79.9. The van der Waals surface area contributed by atoms with Crippen molar-refractivity contribution < 1.29 is 4.74 Å². The second kappa shape index (κ2) is 6.17. The lowest BCUT2D eigenvalue weighted by Gasteiger charge is -2.15. The van der Waals surface area contributed by atoms with Crippen molar-refractivity contribution in [3.63, 3.8) is 0 Å². The molecule has 2 nitrogen and oxygen atoms in total. The number of hydrogen-bond acceptors (Lipinski definition) is 2. The Morgan fingerprint density at radius 1 is 1.43 bits per heavy atom. The number of ether oxygens (including phenoxy) is 1. The van der Waals surface area contributed by atoms with Crippen LogP contribution < -0.4 is 5.32 Å². The smallest absolute Gasteiger partial charge is 0.0587 e. The molecular formula is C11H16BrNO. The molecule has 0 bridgehead atoms. The summed E-state index contributed by atoms with van der Waals surface area (Å²) in [5.74, 6) is 0. The Bertz CT molecular complexity index is 278. The Morgan fingerprint density at radius 3 is 2.79 bits per heavy atom. The Morgan fingerprint density at radius 2 is 2.14 bits per heavy atom. The quantitative estimate of drug-likeness (QED) is 0.820. The highest BCUT2D eigenvalue weighted by molar-refractivity contribution is 9.10. The molecule has 0 aliphatic carbocycles. The molecule has 1 rings (SSSR count). The monoisotopic (exact) mass is 257 g/mol. The molecule has 14 heavy (non-hydrogen) atoms. The fourth-order valence-corrected chi connectivity index (χ4v) is 1.94. The molecule has 1 N–H and O–H groups in total. The average Bonchev–Trinajstić information content (AvgIpc) is 2.18. The lowest BCUT2D eigenvalue weighted by atomic mass is 10.1. The van der Waals surface area contributed by atoms with E-state index in [1.165, 1.54) is 5.56 Å². The summed E-state index contributed by atoms with van der Waals surface area (Å²) in [7, 11) is 1.71. The van der Waals surface area contributed by atoms with E-state index in [-0.39, 0.29) is 0 Å². The van der Waals surface area contributed by atoms with Crippen LogP contribution in [0.15, 0.2) is 28.7 Å². The van der Waals surface area contributed by atoms with Crippen LogP contribution in [-0.4, -0.2) is 20.3 Å². The van der Waals surface area contributed by atoms with Crippen LogP contribution in [0, 0.1) is 0 Å². The number of hydrogen-bond donors (Lipinski definition) is 1. The Labute approximate surface area is 93.8 Å². The van der Waals surface area contributed by atoms with E-state index in [9.17, 15) is 0 Å². The van der Waals surface area contributed by atoms with E-state index < -0.39 is 0 Å². The zero-order valence-corrected chi connectivity index (χ0v) is 10.2. The Hall–Kier alpha value is -0.380. The van der Waals surface area contributed by atoms with Crippen molar-refractivity contribution in [3.8, 4) is 0 Å². The maximum atomic E-state index is 4.98. The van der Waals surface area contributed by atoms with Gasteiger partial charge in [0.2, 0.25) is 0 Å². The van der Waals surface area contributed by atoms with Crippen molar-refractivity contribution in [2.75, 3.05) is 20.3 Å². The van der Waals surface area contributed by atoms with Gasteiger partial charge in [-0.15, -0.1) is 0 Å².